The number of aliphatic imine (C=N–C) groups is 1. The Morgan fingerprint density at radius 3 is 2.68 bits per heavy atom. The van der Waals surface area contributed by atoms with E-state index in [1.54, 1.807) is 28.3 Å². The van der Waals surface area contributed by atoms with E-state index in [1.165, 1.54) is 4.90 Å². The van der Waals surface area contributed by atoms with Gasteiger partial charge in [0.05, 0.1) is 20.3 Å². The van der Waals surface area contributed by atoms with Crippen molar-refractivity contribution in [2.45, 2.75) is 25.5 Å². The number of ether oxygens (including phenoxy) is 3. The van der Waals surface area contributed by atoms with Crippen molar-refractivity contribution in [3.63, 3.8) is 0 Å². The Kier molecular flexibility index (Phi) is 8.38. The van der Waals surface area contributed by atoms with E-state index in [0.29, 0.717) is 19.0 Å². The van der Waals surface area contributed by atoms with Gasteiger partial charge < -0.3 is 29.3 Å². The fourth-order valence-electron chi connectivity index (χ4n) is 2.92. The van der Waals surface area contributed by atoms with Gasteiger partial charge in [0.1, 0.15) is 18.0 Å². The maximum atomic E-state index is 12.0. The van der Waals surface area contributed by atoms with E-state index < -0.39 is 0 Å². The summed E-state index contributed by atoms with van der Waals surface area (Å²) in [4.78, 5) is 20.0. The molecule has 1 heterocycles. The number of hydrogen-bond acceptors (Lipinski definition) is 5. The van der Waals surface area contributed by atoms with E-state index >= 15 is 0 Å². The first-order valence-corrected chi connectivity index (χ1v) is 9.46. The van der Waals surface area contributed by atoms with Crippen molar-refractivity contribution in [1.82, 2.24) is 15.1 Å². The van der Waals surface area contributed by atoms with Crippen LogP contribution in [-0.4, -0.2) is 82.8 Å². The van der Waals surface area contributed by atoms with E-state index in [9.17, 15) is 4.79 Å². The van der Waals surface area contributed by atoms with Gasteiger partial charge in [-0.05, 0) is 25.0 Å². The minimum Gasteiger partial charge on any atom is -0.497 e. The summed E-state index contributed by atoms with van der Waals surface area (Å²) in [5.41, 5.74) is 0.997. The van der Waals surface area contributed by atoms with Crippen molar-refractivity contribution in [2.75, 3.05) is 55.1 Å². The standard InChI is InChI=1S/C20H32N4O4/c1-23(2)19(25)13-22-20(21-12-17-7-6-10-28-17)24(3)14-15-8-9-16(26-4)11-18(15)27-5/h8-9,11,17H,6-7,10,12-14H2,1-5H3,(H,21,22). The van der Waals surface area contributed by atoms with Gasteiger partial charge >= 0.3 is 0 Å². The first-order valence-electron chi connectivity index (χ1n) is 9.46. The Hall–Kier alpha value is -2.48. The highest BCUT2D eigenvalue weighted by atomic mass is 16.5. The van der Waals surface area contributed by atoms with Crippen molar-refractivity contribution in [3.8, 4) is 11.5 Å². The lowest BCUT2D eigenvalue weighted by molar-refractivity contribution is -0.127. The van der Waals surface area contributed by atoms with Crippen LogP contribution in [0.2, 0.25) is 0 Å². The predicted molar refractivity (Wildman–Crippen MR) is 109 cm³/mol. The SMILES string of the molecule is COc1ccc(CN(C)C(=NCC(=O)N(C)C)NCC2CCCO2)c(OC)c1. The maximum Gasteiger partial charge on any atom is 0.243 e. The zero-order valence-corrected chi connectivity index (χ0v) is 17.5. The lowest BCUT2D eigenvalue weighted by Gasteiger charge is -2.25. The lowest BCUT2D eigenvalue weighted by atomic mass is 10.2. The van der Waals surface area contributed by atoms with Crippen LogP contribution in [-0.2, 0) is 16.1 Å². The van der Waals surface area contributed by atoms with Crippen LogP contribution in [0.1, 0.15) is 18.4 Å². The number of methoxy groups -OCH3 is 2. The molecular weight excluding hydrogens is 360 g/mol. The molecule has 0 bridgehead atoms. The molecule has 28 heavy (non-hydrogen) atoms. The number of likely N-dealkylation sites (N-methyl/N-ethyl adjacent to an activating group) is 1. The third-order valence-electron chi connectivity index (χ3n) is 4.64. The molecule has 1 unspecified atom stereocenters. The summed E-state index contributed by atoms with van der Waals surface area (Å²) < 4.78 is 16.4. The normalized spacial score (nSPS) is 16.6. The van der Waals surface area contributed by atoms with Crippen LogP contribution in [0.4, 0.5) is 0 Å². The number of nitrogens with zero attached hydrogens (tertiary/aromatic N) is 3. The van der Waals surface area contributed by atoms with E-state index in [1.807, 2.05) is 30.1 Å². The molecule has 156 valence electrons. The number of hydrogen-bond donors (Lipinski definition) is 1. The average Bonchev–Trinajstić information content (AvgIpc) is 3.21. The highest BCUT2D eigenvalue weighted by Gasteiger charge is 2.18. The number of guanidine groups is 1. The summed E-state index contributed by atoms with van der Waals surface area (Å²) in [6.45, 7) is 2.13. The van der Waals surface area contributed by atoms with Gasteiger partial charge in [-0.1, -0.05) is 0 Å². The van der Waals surface area contributed by atoms with Crippen LogP contribution in [0.25, 0.3) is 0 Å². The van der Waals surface area contributed by atoms with E-state index in [2.05, 4.69) is 10.3 Å². The van der Waals surface area contributed by atoms with Crippen LogP contribution in [0.3, 0.4) is 0 Å². The second kappa shape index (κ2) is 10.8. The van der Waals surface area contributed by atoms with Gasteiger partial charge in [-0.3, -0.25) is 4.79 Å². The highest BCUT2D eigenvalue weighted by Crippen LogP contribution is 2.25. The Bertz CT molecular complexity index is 672. The van der Waals surface area contributed by atoms with Crippen LogP contribution < -0.4 is 14.8 Å². The van der Waals surface area contributed by atoms with Crippen molar-refractivity contribution in [2.24, 2.45) is 4.99 Å². The molecule has 1 aliphatic heterocycles. The molecule has 1 aromatic rings. The van der Waals surface area contributed by atoms with Crippen LogP contribution in [0.5, 0.6) is 11.5 Å². The topological polar surface area (TPSA) is 75.6 Å². The van der Waals surface area contributed by atoms with Gasteiger partial charge in [0.2, 0.25) is 5.91 Å². The zero-order chi connectivity index (χ0) is 20.5. The quantitative estimate of drug-likeness (QED) is 0.532. The summed E-state index contributed by atoms with van der Waals surface area (Å²) in [5.74, 6) is 2.09. The number of rotatable bonds is 8. The smallest absolute Gasteiger partial charge is 0.243 e. The molecule has 1 aliphatic rings. The molecule has 1 atom stereocenters. The molecule has 0 aliphatic carbocycles. The maximum absolute atomic E-state index is 12.0. The fourth-order valence-corrected chi connectivity index (χ4v) is 2.92. The largest absolute Gasteiger partial charge is 0.497 e. The van der Waals surface area contributed by atoms with Crippen molar-refractivity contribution < 1.29 is 19.0 Å². The zero-order valence-electron chi connectivity index (χ0n) is 17.5. The van der Waals surface area contributed by atoms with Gasteiger partial charge in [0.25, 0.3) is 0 Å². The minimum atomic E-state index is -0.0492. The third kappa shape index (κ3) is 6.30. The molecule has 8 nitrogen and oxygen atoms in total. The van der Waals surface area contributed by atoms with Gasteiger partial charge in [-0.2, -0.15) is 0 Å². The van der Waals surface area contributed by atoms with Crippen LogP contribution in [0.15, 0.2) is 23.2 Å². The molecule has 0 spiro atoms. The van der Waals surface area contributed by atoms with E-state index in [4.69, 9.17) is 14.2 Å². The van der Waals surface area contributed by atoms with Crippen LogP contribution >= 0.6 is 0 Å². The molecule has 0 saturated carbocycles. The summed E-state index contributed by atoms with van der Waals surface area (Å²) in [6, 6.07) is 5.73. The molecule has 0 aromatic heterocycles. The van der Waals surface area contributed by atoms with Gasteiger partial charge in [-0.15, -0.1) is 0 Å². The van der Waals surface area contributed by atoms with Crippen molar-refractivity contribution in [1.29, 1.82) is 0 Å². The number of nitrogens with one attached hydrogen (secondary N) is 1. The second-order valence-electron chi connectivity index (χ2n) is 6.98. The Morgan fingerprint density at radius 2 is 2.07 bits per heavy atom. The molecule has 1 fully saturated rings. The molecule has 0 radical (unpaired) electrons. The third-order valence-corrected chi connectivity index (χ3v) is 4.64. The van der Waals surface area contributed by atoms with Gasteiger partial charge in [0.15, 0.2) is 5.96 Å². The minimum absolute atomic E-state index is 0.0492. The predicted octanol–water partition coefficient (Wildman–Crippen LogP) is 1.35. The number of carbonyl (C=O) groups excluding carboxylic acids is 1. The monoisotopic (exact) mass is 392 g/mol. The Morgan fingerprint density at radius 1 is 1.29 bits per heavy atom. The van der Waals surface area contributed by atoms with E-state index in [-0.39, 0.29) is 18.6 Å². The number of benzene rings is 1. The van der Waals surface area contributed by atoms with Gasteiger partial charge in [-0.25, -0.2) is 4.99 Å². The fraction of sp³-hybridized carbons (Fsp3) is 0.600. The highest BCUT2D eigenvalue weighted by molar-refractivity contribution is 5.84. The number of amides is 1. The first-order chi connectivity index (χ1) is 13.4. The van der Waals surface area contributed by atoms with Crippen molar-refractivity contribution in [3.05, 3.63) is 23.8 Å². The van der Waals surface area contributed by atoms with E-state index in [0.717, 1.165) is 36.5 Å². The molecular formula is C20H32N4O4. The summed E-state index contributed by atoms with van der Waals surface area (Å²) in [7, 11) is 8.65. The summed E-state index contributed by atoms with van der Waals surface area (Å²) in [6.07, 6.45) is 2.29. The van der Waals surface area contributed by atoms with Crippen molar-refractivity contribution >= 4 is 11.9 Å². The molecule has 2 rings (SSSR count). The summed E-state index contributed by atoms with van der Waals surface area (Å²) >= 11 is 0. The molecule has 1 amide bonds. The second-order valence-corrected chi connectivity index (χ2v) is 6.98. The lowest BCUT2D eigenvalue weighted by Crippen LogP contribution is -2.42. The molecule has 8 heteroatoms. The Balaban J connectivity index is 2.11. The summed E-state index contributed by atoms with van der Waals surface area (Å²) in [5, 5.41) is 3.35. The number of carbonyl (C=O) groups is 1. The van der Waals surface area contributed by atoms with Crippen LogP contribution in [0, 0.1) is 0 Å². The van der Waals surface area contributed by atoms with Gasteiger partial charge in [0, 0.05) is 52.5 Å². The average molecular weight is 393 g/mol. The Labute approximate surface area is 167 Å². The molecule has 1 N–H and O–H groups in total. The first kappa shape index (κ1) is 21.8. The molecule has 1 aromatic carbocycles. The molecule has 1 saturated heterocycles.